The van der Waals surface area contributed by atoms with E-state index in [2.05, 4.69) is 21.9 Å². The first kappa shape index (κ1) is 23.0. The number of rotatable bonds is 4. The smallest absolute Gasteiger partial charge is 0.409 e. The van der Waals surface area contributed by atoms with Gasteiger partial charge >= 0.3 is 6.09 Å². The van der Waals surface area contributed by atoms with Crippen LogP contribution < -0.4 is 9.64 Å². The molecule has 3 heterocycles. The number of nitrogens with zero attached hydrogens (tertiary/aromatic N) is 3. The highest BCUT2D eigenvalue weighted by atomic mass is 19.1. The predicted octanol–water partition coefficient (Wildman–Crippen LogP) is 4.94. The summed E-state index contributed by atoms with van der Waals surface area (Å²) >= 11 is 0. The summed E-state index contributed by atoms with van der Waals surface area (Å²) < 4.78 is 24.8. The average Bonchev–Trinajstić information content (AvgIpc) is 3.18. The fourth-order valence-corrected chi connectivity index (χ4v) is 6.01. The average molecular weight is 468 g/mol. The summed E-state index contributed by atoms with van der Waals surface area (Å²) in [6.07, 6.45) is 3.79. The lowest BCUT2D eigenvalue weighted by molar-refractivity contribution is 0.0581. The molecule has 5 rings (SSSR count). The molecule has 0 bridgehead atoms. The number of amides is 1. The van der Waals surface area contributed by atoms with E-state index < -0.39 is 0 Å². The Balaban J connectivity index is 1.29. The second-order valence-electron chi connectivity index (χ2n) is 9.68. The van der Waals surface area contributed by atoms with Crippen molar-refractivity contribution in [3.05, 3.63) is 53.8 Å². The fourth-order valence-electron chi connectivity index (χ4n) is 6.01. The Hall–Kier alpha value is -2.80. The maximum atomic E-state index is 14.4. The number of piperidine rings is 2. The summed E-state index contributed by atoms with van der Waals surface area (Å²) in [5.41, 5.74) is 3.32. The van der Waals surface area contributed by atoms with Gasteiger partial charge < -0.3 is 24.2 Å². The summed E-state index contributed by atoms with van der Waals surface area (Å²) in [4.78, 5) is 18.8. The van der Waals surface area contributed by atoms with Crippen LogP contribution in [-0.4, -0.2) is 68.4 Å². The summed E-state index contributed by atoms with van der Waals surface area (Å²) in [5.74, 6) is 0.669. The van der Waals surface area contributed by atoms with Gasteiger partial charge in [-0.1, -0.05) is 0 Å². The molecule has 2 aromatic carbocycles. The van der Waals surface area contributed by atoms with E-state index in [0.29, 0.717) is 12.6 Å². The summed E-state index contributed by atoms with van der Waals surface area (Å²) in [7, 11) is 1.67. The minimum atomic E-state index is -0.193. The van der Waals surface area contributed by atoms with Gasteiger partial charge in [0.1, 0.15) is 11.6 Å². The van der Waals surface area contributed by atoms with Crippen molar-refractivity contribution in [2.75, 3.05) is 51.3 Å². The van der Waals surface area contributed by atoms with Gasteiger partial charge in [-0.15, -0.1) is 0 Å². The number of halogens is 1. The molecular formula is C27H34FN3O3. The third-order valence-electron chi connectivity index (χ3n) is 7.93. The SMILES string of the molecule is CCOC(=O)N1CCC(N2CCC3(CC2)CN(c2ccc(OC)cc2)c2ccc(F)cc23)CC1. The topological polar surface area (TPSA) is 45.2 Å². The third kappa shape index (κ3) is 4.22. The molecule has 3 aliphatic rings. The number of anilines is 2. The van der Waals surface area contributed by atoms with Crippen LogP contribution in [0.2, 0.25) is 0 Å². The van der Waals surface area contributed by atoms with Gasteiger partial charge in [0.15, 0.2) is 0 Å². The van der Waals surface area contributed by atoms with E-state index >= 15 is 0 Å². The van der Waals surface area contributed by atoms with Crippen LogP contribution in [0.15, 0.2) is 42.5 Å². The molecule has 1 spiro atoms. The van der Waals surface area contributed by atoms with E-state index in [0.717, 1.165) is 81.1 Å². The van der Waals surface area contributed by atoms with Gasteiger partial charge in [-0.3, -0.25) is 0 Å². The number of hydrogen-bond donors (Lipinski definition) is 0. The zero-order chi connectivity index (χ0) is 23.7. The van der Waals surface area contributed by atoms with E-state index in [-0.39, 0.29) is 17.3 Å². The Bertz CT molecular complexity index is 1010. The maximum Gasteiger partial charge on any atom is 0.409 e. The first-order valence-corrected chi connectivity index (χ1v) is 12.4. The molecule has 0 unspecified atom stereocenters. The molecular weight excluding hydrogens is 433 g/mol. The number of carbonyl (C=O) groups is 1. The molecule has 0 radical (unpaired) electrons. The first-order chi connectivity index (χ1) is 16.5. The van der Waals surface area contributed by atoms with Gasteiger partial charge in [-0.25, -0.2) is 9.18 Å². The van der Waals surface area contributed by atoms with E-state index in [9.17, 15) is 9.18 Å². The van der Waals surface area contributed by atoms with Crippen molar-refractivity contribution >= 4 is 17.5 Å². The number of benzene rings is 2. The van der Waals surface area contributed by atoms with Crippen LogP contribution in [0.25, 0.3) is 0 Å². The van der Waals surface area contributed by atoms with Crippen molar-refractivity contribution in [3.8, 4) is 5.75 Å². The number of methoxy groups -OCH3 is 1. The zero-order valence-electron chi connectivity index (χ0n) is 20.1. The van der Waals surface area contributed by atoms with Gasteiger partial charge in [0.25, 0.3) is 0 Å². The Morgan fingerprint density at radius 1 is 1.06 bits per heavy atom. The Labute approximate surface area is 201 Å². The monoisotopic (exact) mass is 467 g/mol. The normalized spacial score (nSPS) is 20.4. The number of fused-ring (bicyclic) bond motifs is 2. The Kier molecular flexibility index (Phi) is 6.38. The molecule has 182 valence electrons. The number of hydrogen-bond acceptors (Lipinski definition) is 5. The van der Waals surface area contributed by atoms with Crippen LogP contribution in [0.3, 0.4) is 0 Å². The highest BCUT2D eigenvalue weighted by molar-refractivity contribution is 5.73. The summed E-state index contributed by atoms with van der Waals surface area (Å²) in [5, 5.41) is 0. The lowest BCUT2D eigenvalue weighted by atomic mass is 9.74. The quantitative estimate of drug-likeness (QED) is 0.637. The van der Waals surface area contributed by atoms with E-state index in [1.807, 2.05) is 30.0 Å². The number of likely N-dealkylation sites (tertiary alicyclic amines) is 2. The third-order valence-corrected chi connectivity index (χ3v) is 7.93. The second-order valence-corrected chi connectivity index (χ2v) is 9.68. The van der Waals surface area contributed by atoms with Crippen LogP contribution in [0.5, 0.6) is 5.75 Å². The molecule has 0 N–H and O–H groups in total. The van der Waals surface area contributed by atoms with E-state index in [1.54, 1.807) is 19.2 Å². The van der Waals surface area contributed by atoms with Crippen LogP contribution in [0.1, 0.15) is 38.2 Å². The molecule has 0 aliphatic carbocycles. The Morgan fingerprint density at radius 2 is 1.76 bits per heavy atom. The van der Waals surface area contributed by atoms with Crippen LogP contribution >= 0.6 is 0 Å². The van der Waals surface area contributed by atoms with Crippen molar-refractivity contribution in [1.82, 2.24) is 9.80 Å². The fraction of sp³-hybridized carbons (Fsp3) is 0.519. The standard InChI is InChI=1S/C27H34FN3O3/c1-3-34-26(32)30-14-10-21(11-15-30)29-16-12-27(13-17-29)19-31(22-5-7-23(33-2)8-6-22)25-9-4-20(28)18-24(25)27/h4-9,18,21H,3,10-17,19H2,1-2H3. The second kappa shape index (κ2) is 9.45. The Morgan fingerprint density at radius 3 is 2.41 bits per heavy atom. The van der Waals surface area contributed by atoms with Gasteiger partial charge in [0.05, 0.1) is 13.7 Å². The van der Waals surface area contributed by atoms with Crippen molar-refractivity contribution in [1.29, 1.82) is 0 Å². The number of carbonyl (C=O) groups excluding carboxylic acids is 1. The van der Waals surface area contributed by atoms with Crippen molar-refractivity contribution in [2.24, 2.45) is 0 Å². The highest BCUT2D eigenvalue weighted by Gasteiger charge is 2.46. The molecule has 2 saturated heterocycles. The molecule has 3 aliphatic heterocycles. The summed E-state index contributed by atoms with van der Waals surface area (Å²) in [6, 6.07) is 13.9. The number of ether oxygens (including phenoxy) is 2. The molecule has 0 atom stereocenters. The van der Waals surface area contributed by atoms with Crippen LogP contribution in [0, 0.1) is 5.82 Å². The predicted molar refractivity (Wildman–Crippen MR) is 131 cm³/mol. The zero-order valence-corrected chi connectivity index (χ0v) is 20.1. The van der Waals surface area contributed by atoms with Gasteiger partial charge in [-0.2, -0.15) is 0 Å². The molecule has 2 aromatic rings. The van der Waals surface area contributed by atoms with Gasteiger partial charge in [0.2, 0.25) is 0 Å². The first-order valence-electron chi connectivity index (χ1n) is 12.4. The largest absolute Gasteiger partial charge is 0.497 e. The maximum absolute atomic E-state index is 14.4. The van der Waals surface area contributed by atoms with Gasteiger partial charge in [-0.05, 0) is 93.7 Å². The lowest BCUT2D eigenvalue weighted by Crippen LogP contribution is -2.52. The lowest BCUT2D eigenvalue weighted by Gasteiger charge is -2.45. The molecule has 0 aromatic heterocycles. The summed E-state index contributed by atoms with van der Waals surface area (Å²) in [6.45, 7) is 6.63. The van der Waals surface area contributed by atoms with E-state index in [1.165, 1.54) is 0 Å². The molecule has 6 nitrogen and oxygen atoms in total. The molecule has 34 heavy (non-hydrogen) atoms. The van der Waals surface area contributed by atoms with Crippen molar-refractivity contribution in [2.45, 2.75) is 44.1 Å². The van der Waals surface area contributed by atoms with E-state index in [4.69, 9.17) is 9.47 Å². The molecule has 0 saturated carbocycles. The van der Waals surface area contributed by atoms with Crippen molar-refractivity contribution < 1.29 is 18.7 Å². The van der Waals surface area contributed by atoms with Crippen molar-refractivity contribution in [3.63, 3.8) is 0 Å². The minimum Gasteiger partial charge on any atom is -0.497 e. The molecule has 7 heteroatoms. The molecule has 2 fully saturated rings. The minimum absolute atomic E-state index is 0.0422. The van der Waals surface area contributed by atoms with Crippen LogP contribution in [0.4, 0.5) is 20.6 Å². The van der Waals surface area contributed by atoms with Gasteiger partial charge in [0, 0.05) is 42.5 Å². The highest BCUT2D eigenvalue weighted by Crippen LogP contribution is 2.50. The molecule has 1 amide bonds. The van der Waals surface area contributed by atoms with Crippen LogP contribution in [-0.2, 0) is 10.2 Å².